The Morgan fingerprint density at radius 1 is 1.43 bits per heavy atom. The van der Waals surface area contributed by atoms with Crippen LogP contribution in [0.2, 0.25) is 0 Å². The molecule has 0 heterocycles. The van der Waals surface area contributed by atoms with Crippen molar-refractivity contribution < 1.29 is 14.7 Å². The minimum absolute atomic E-state index is 0.154. The highest BCUT2D eigenvalue weighted by Crippen LogP contribution is 1.93. The molecule has 0 radical (unpaired) electrons. The minimum atomic E-state index is -0.783. The Hall–Kier alpha value is -1.10. The van der Waals surface area contributed by atoms with E-state index in [0.717, 1.165) is 13.0 Å². The maximum atomic E-state index is 10.3. The summed E-state index contributed by atoms with van der Waals surface area (Å²) in [7, 11) is 0. The summed E-state index contributed by atoms with van der Waals surface area (Å²) in [5.41, 5.74) is 0. The summed E-state index contributed by atoms with van der Waals surface area (Å²) in [5.74, 6) is -0.783. The van der Waals surface area contributed by atoms with E-state index < -0.39 is 5.97 Å². The van der Waals surface area contributed by atoms with Gasteiger partial charge in [-0.25, -0.2) is 0 Å². The van der Waals surface area contributed by atoms with Crippen molar-refractivity contribution in [2.45, 2.75) is 19.8 Å². The molecule has 0 saturated carbocycles. The van der Waals surface area contributed by atoms with Crippen molar-refractivity contribution in [2.24, 2.45) is 0 Å². The second-order valence-corrected chi connectivity index (χ2v) is 3.06. The molecule has 82 valence electrons. The number of hydrogen-bond acceptors (Lipinski definition) is 3. The van der Waals surface area contributed by atoms with E-state index in [1.54, 1.807) is 0 Å². The first-order chi connectivity index (χ1) is 6.70. The van der Waals surface area contributed by atoms with Crippen molar-refractivity contribution in [3.63, 3.8) is 0 Å². The lowest BCUT2D eigenvalue weighted by molar-refractivity contribution is -0.137. The van der Waals surface area contributed by atoms with Gasteiger partial charge >= 0.3 is 5.97 Å². The molecule has 5 nitrogen and oxygen atoms in total. The number of aliphatic carboxylic acids is 1. The summed E-state index contributed by atoms with van der Waals surface area (Å²) in [6.45, 7) is 4.74. The van der Waals surface area contributed by atoms with Crippen LogP contribution in [0.1, 0.15) is 19.8 Å². The van der Waals surface area contributed by atoms with Crippen molar-refractivity contribution in [3.8, 4) is 0 Å². The van der Waals surface area contributed by atoms with Crippen LogP contribution in [-0.2, 0) is 9.59 Å². The summed E-state index contributed by atoms with van der Waals surface area (Å²) in [6.07, 6.45) is 1.79. The van der Waals surface area contributed by atoms with E-state index >= 15 is 0 Å². The first kappa shape index (κ1) is 12.9. The molecule has 14 heavy (non-hydrogen) atoms. The predicted molar refractivity (Wildman–Crippen MR) is 53.1 cm³/mol. The van der Waals surface area contributed by atoms with Crippen molar-refractivity contribution >= 4 is 12.4 Å². The van der Waals surface area contributed by atoms with Crippen molar-refractivity contribution in [3.05, 3.63) is 0 Å². The van der Waals surface area contributed by atoms with E-state index in [2.05, 4.69) is 5.32 Å². The van der Waals surface area contributed by atoms with Crippen LogP contribution in [0.3, 0.4) is 0 Å². The maximum absolute atomic E-state index is 10.3. The Bertz CT molecular complexity index is 173. The number of amides is 1. The van der Waals surface area contributed by atoms with Crippen LogP contribution in [0.4, 0.5) is 0 Å². The van der Waals surface area contributed by atoms with E-state index in [1.165, 1.54) is 0 Å². The molecule has 0 unspecified atom stereocenters. The zero-order valence-electron chi connectivity index (χ0n) is 8.53. The molecular formula is C9H18N2O3. The molecule has 1 amide bonds. The third-order valence-corrected chi connectivity index (χ3v) is 1.84. The molecule has 0 aromatic heterocycles. The summed E-state index contributed by atoms with van der Waals surface area (Å²) < 4.78 is 0. The van der Waals surface area contributed by atoms with E-state index in [0.29, 0.717) is 26.0 Å². The molecule has 0 aromatic rings. The lowest BCUT2D eigenvalue weighted by Gasteiger charge is -2.20. The molecular weight excluding hydrogens is 184 g/mol. The zero-order valence-corrected chi connectivity index (χ0v) is 8.53. The number of nitrogens with one attached hydrogen (secondary N) is 1. The summed E-state index contributed by atoms with van der Waals surface area (Å²) in [5, 5.41) is 11.1. The normalized spacial score (nSPS) is 10.1. The zero-order chi connectivity index (χ0) is 10.8. The number of rotatable bonds is 9. The number of nitrogens with zero attached hydrogens (tertiary/aromatic N) is 1. The van der Waals surface area contributed by atoms with Crippen LogP contribution in [0.25, 0.3) is 0 Å². The van der Waals surface area contributed by atoms with Gasteiger partial charge in [-0.15, -0.1) is 0 Å². The number of hydrogen-bond donors (Lipinski definition) is 2. The average molecular weight is 202 g/mol. The highest BCUT2D eigenvalue weighted by Gasteiger charge is 2.05. The molecule has 0 fully saturated rings. The molecule has 0 aliphatic rings. The summed E-state index contributed by atoms with van der Waals surface area (Å²) >= 11 is 0. The molecule has 0 aliphatic heterocycles. The van der Waals surface area contributed by atoms with Crippen LogP contribution in [-0.4, -0.2) is 48.6 Å². The monoisotopic (exact) mass is 202 g/mol. The number of carboxylic acid groups (broad SMARTS) is 1. The van der Waals surface area contributed by atoms with Crippen LogP contribution in [0, 0.1) is 0 Å². The fourth-order valence-electron chi connectivity index (χ4n) is 1.19. The Balaban J connectivity index is 3.64. The molecule has 0 bridgehead atoms. The van der Waals surface area contributed by atoms with E-state index in [9.17, 15) is 9.59 Å². The van der Waals surface area contributed by atoms with Gasteiger partial charge < -0.3 is 15.3 Å². The molecule has 0 rings (SSSR count). The van der Waals surface area contributed by atoms with E-state index in [4.69, 9.17) is 5.11 Å². The smallest absolute Gasteiger partial charge is 0.304 e. The lowest BCUT2D eigenvalue weighted by atomic mass is 10.3. The number of carboxylic acids is 1. The first-order valence-corrected chi connectivity index (χ1v) is 4.82. The van der Waals surface area contributed by atoms with E-state index in [1.807, 2.05) is 11.8 Å². The molecule has 0 saturated heterocycles. The standard InChI is InChI=1S/C9H18N2O3/c1-2-5-11(6-3-9(13)14)7-4-10-8-12/h8H,2-7H2,1H3,(H,10,12)(H,13,14). The van der Waals surface area contributed by atoms with Crippen LogP contribution in [0.5, 0.6) is 0 Å². The fourth-order valence-corrected chi connectivity index (χ4v) is 1.19. The first-order valence-electron chi connectivity index (χ1n) is 4.82. The second-order valence-electron chi connectivity index (χ2n) is 3.06. The Labute approximate surface area is 84.1 Å². The van der Waals surface area contributed by atoms with Gasteiger partial charge in [-0.05, 0) is 13.0 Å². The molecule has 0 atom stereocenters. The van der Waals surface area contributed by atoms with Gasteiger partial charge in [0.1, 0.15) is 0 Å². The van der Waals surface area contributed by atoms with Gasteiger partial charge in [-0.1, -0.05) is 6.92 Å². The SMILES string of the molecule is CCCN(CCNC=O)CCC(=O)O. The van der Waals surface area contributed by atoms with Crippen molar-refractivity contribution in [1.29, 1.82) is 0 Å². The lowest BCUT2D eigenvalue weighted by Crippen LogP contribution is -2.33. The molecule has 2 N–H and O–H groups in total. The van der Waals surface area contributed by atoms with Gasteiger partial charge in [-0.3, -0.25) is 9.59 Å². The van der Waals surface area contributed by atoms with E-state index in [-0.39, 0.29) is 6.42 Å². The van der Waals surface area contributed by atoms with Gasteiger partial charge in [0, 0.05) is 19.6 Å². The maximum Gasteiger partial charge on any atom is 0.304 e. The largest absolute Gasteiger partial charge is 0.481 e. The average Bonchev–Trinajstić information content (AvgIpc) is 2.14. The van der Waals surface area contributed by atoms with Crippen molar-refractivity contribution in [1.82, 2.24) is 10.2 Å². The molecule has 0 aliphatic carbocycles. The van der Waals surface area contributed by atoms with Crippen LogP contribution >= 0.6 is 0 Å². The fraction of sp³-hybridized carbons (Fsp3) is 0.778. The third-order valence-electron chi connectivity index (χ3n) is 1.84. The Morgan fingerprint density at radius 2 is 2.14 bits per heavy atom. The van der Waals surface area contributed by atoms with Gasteiger partial charge in [0.2, 0.25) is 6.41 Å². The van der Waals surface area contributed by atoms with Crippen LogP contribution in [0.15, 0.2) is 0 Å². The predicted octanol–water partition coefficient (Wildman–Crippen LogP) is -0.0809. The highest BCUT2D eigenvalue weighted by molar-refractivity contribution is 5.66. The Morgan fingerprint density at radius 3 is 2.64 bits per heavy atom. The van der Waals surface area contributed by atoms with Gasteiger partial charge in [0.15, 0.2) is 0 Å². The minimum Gasteiger partial charge on any atom is -0.481 e. The van der Waals surface area contributed by atoms with Gasteiger partial charge in [-0.2, -0.15) is 0 Å². The van der Waals surface area contributed by atoms with Gasteiger partial charge in [0.25, 0.3) is 0 Å². The summed E-state index contributed by atoms with van der Waals surface area (Å²) in [6, 6.07) is 0. The van der Waals surface area contributed by atoms with Gasteiger partial charge in [0.05, 0.1) is 6.42 Å². The van der Waals surface area contributed by atoms with Crippen molar-refractivity contribution in [2.75, 3.05) is 26.2 Å². The Kier molecular flexibility index (Phi) is 7.83. The third kappa shape index (κ3) is 7.54. The summed E-state index contributed by atoms with van der Waals surface area (Å²) in [4.78, 5) is 22.4. The molecule has 5 heteroatoms. The van der Waals surface area contributed by atoms with Crippen LogP contribution < -0.4 is 5.32 Å². The molecule has 0 aromatic carbocycles. The highest BCUT2D eigenvalue weighted by atomic mass is 16.4. The number of carbonyl (C=O) groups excluding carboxylic acids is 1. The molecule has 0 spiro atoms. The second kappa shape index (κ2) is 8.50. The topological polar surface area (TPSA) is 69.6 Å². The quantitative estimate of drug-likeness (QED) is 0.405. The number of carbonyl (C=O) groups is 2.